The smallest absolute Gasteiger partial charge is 0.240 e. The molecule has 0 radical (unpaired) electrons. The van der Waals surface area contributed by atoms with Gasteiger partial charge in [0.05, 0.1) is 13.3 Å². The Kier molecular flexibility index (Phi) is 6.98. The number of hydrogen-bond donors (Lipinski definition) is 2. The molecule has 2 aromatic carbocycles. The molecule has 2 amide bonds. The lowest BCUT2D eigenvalue weighted by molar-refractivity contribution is -0.124. The van der Waals surface area contributed by atoms with Gasteiger partial charge in [-0.3, -0.25) is 9.59 Å². The number of carbonyl (C=O) groups is 2. The average Bonchev–Trinajstić information content (AvgIpc) is 2.60. The van der Waals surface area contributed by atoms with E-state index in [4.69, 9.17) is 16.3 Å². The second-order valence-corrected chi connectivity index (χ2v) is 5.53. The third kappa shape index (κ3) is 6.27. The first kappa shape index (κ1) is 18.5. The molecule has 0 heterocycles. The molecule has 0 atom stereocenters. The Balaban J connectivity index is 1.76. The van der Waals surface area contributed by atoms with Gasteiger partial charge in [0.25, 0.3) is 0 Å². The molecule has 0 bridgehead atoms. The molecule has 0 unspecified atom stereocenters. The van der Waals surface area contributed by atoms with Crippen molar-refractivity contribution >= 4 is 35.3 Å². The second-order valence-electron chi connectivity index (χ2n) is 5.09. The number of nitrogens with one attached hydrogen (secondary N) is 2. The third-order valence-corrected chi connectivity index (χ3v) is 3.45. The van der Waals surface area contributed by atoms with Gasteiger partial charge in [-0.2, -0.15) is 5.10 Å². The Morgan fingerprint density at radius 1 is 1.12 bits per heavy atom. The van der Waals surface area contributed by atoms with Crippen molar-refractivity contribution in [3.8, 4) is 5.75 Å². The number of carbonyl (C=O) groups excluding carboxylic acids is 2. The summed E-state index contributed by atoms with van der Waals surface area (Å²) in [5.41, 5.74) is 3.71. The minimum Gasteiger partial charge on any atom is -0.496 e. The van der Waals surface area contributed by atoms with E-state index in [0.717, 1.165) is 5.56 Å². The Hall–Kier alpha value is -2.86. The lowest BCUT2D eigenvalue weighted by Gasteiger charge is -2.05. The van der Waals surface area contributed by atoms with E-state index in [2.05, 4.69) is 15.8 Å². The van der Waals surface area contributed by atoms with Gasteiger partial charge in [-0.25, -0.2) is 5.43 Å². The van der Waals surface area contributed by atoms with Crippen LogP contribution in [0.25, 0.3) is 0 Å². The van der Waals surface area contributed by atoms with Crippen molar-refractivity contribution in [3.63, 3.8) is 0 Å². The van der Waals surface area contributed by atoms with Crippen LogP contribution in [0.3, 0.4) is 0 Å². The molecule has 2 aromatic rings. The first-order valence-electron chi connectivity index (χ1n) is 7.59. The van der Waals surface area contributed by atoms with Crippen molar-refractivity contribution < 1.29 is 14.3 Å². The van der Waals surface area contributed by atoms with Crippen LogP contribution in [0, 0.1) is 0 Å². The van der Waals surface area contributed by atoms with Gasteiger partial charge in [0.1, 0.15) is 5.75 Å². The monoisotopic (exact) mass is 359 g/mol. The fraction of sp³-hybridized carbons (Fsp3) is 0.167. The zero-order valence-electron chi connectivity index (χ0n) is 13.7. The maximum absolute atomic E-state index is 11.8. The molecule has 6 nitrogen and oxygen atoms in total. The molecule has 25 heavy (non-hydrogen) atoms. The van der Waals surface area contributed by atoms with Crippen molar-refractivity contribution in [2.45, 2.75) is 12.8 Å². The molecule has 130 valence electrons. The molecular weight excluding hydrogens is 342 g/mol. The number of halogens is 1. The van der Waals surface area contributed by atoms with Gasteiger partial charge in [-0.15, -0.1) is 0 Å². The predicted octanol–water partition coefficient (Wildman–Crippen LogP) is 3.22. The zero-order valence-corrected chi connectivity index (χ0v) is 14.4. The number of ether oxygens (including phenoxy) is 1. The maximum atomic E-state index is 11.8. The number of anilines is 1. The van der Waals surface area contributed by atoms with E-state index >= 15 is 0 Å². The molecular formula is C18H18ClN3O3. The summed E-state index contributed by atoms with van der Waals surface area (Å²) in [5, 5.41) is 7.08. The highest BCUT2D eigenvalue weighted by atomic mass is 35.5. The summed E-state index contributed by atoms with van der Waals surface area (Å²) >= 11 is 5.84. The number of amides is 2. The number of para-hydroxylation sites is 1. The fourth-order valence-corrected chi connectivity index (χ4v) is 2.21. The number of benzene rings is 2. The lowest BCUT2D eigenvalue weighted by atomic mass is 10.2. The molecule has 0 fully saturated rings. The normalized spacial score (nSPS) is 10.5. The number of methoxy groups -OCH3 is 1. The first-order chi connectivity index (χ1) is 12.1. The minimum absolute atomic E-state index is 0.0235. The van der Waals surface area contributed by atoms with E-state index in [0.29, 0.717) is 16.5 Å². The van der Waals surface area contributed by atoms with Crippen LogP contribution in [0.15, 0.2) is 53.6 Å². The van der Waals surface area contributed by atoms with Gasteiger partial charge in [0.15, 0.2) is 0 Å². The zero-order chi connectivity index (χ0) is 18.1. The highest BCUT2D eigenvalue weighted by molar-refractivity contribution is 6.30. The van der Waals surface area contributed by atoms with Crippen LogP contribution in [0.5, 0.6) is 5.75 Å². The minimum atomic E-state index is -0.354. The molecule has 0 saturated carbocycles. The number of hydrogen-bond acceptors (Lipinski definition) is 4. The van der Waals surface area contributed by atoms with Gasteiger partial charge < -0.3 is 10.1 Å². The lowest BCUT2D eigenvalue weighted by Crippen LogP contribution is -2.20. The third-order valence-electron chi connectivity index (χ3n) is 3.22. The number of rotatable bonds is 7. The molecule has 0 aliphatic rings. The molecule has 0 spiro atoms. The summed E-state index contributed by atoms with van der Waals surface area (Å²) in [6, 6.07) is 14.1. The molecule has 2 N–H and O–H groups in total. The van der Waals surface area contributed by atoms with Crippen LogP contribution in [0.4, 0.5) is 5.69 Å². The highest BCUT2D eigenvalue weighted by Crippen LogP contribution is 2.15. The average molecular weight is 360 g/mol. The molecule has 0 aliphatic heterocycles. The summed E-state index contributed by atoms with van der Waals surface area (Å²) in [7, 11) is 1.56. The Labute approximate surface area is 150 Å². The van der Waals surface area contributed by atoms with Crippen LogP contribution in [0.1, 0.15) is 18.4 Å². The molecule has 2 rings (SSSR count). The summed E-state index contributed by atoms with van der Waals surface area (Å²) in [4.78, 5) is 23.6. The maximum Gasteiger partial charge on any atom is 0.240 e. The van der Waals surface area contributed by atoms with E-state index in [9.17, 15) is 9.59 Å². The van der Waals surface area contributed by atoms with Gasteiger partial charge in [0.2, 0.25) is 11.8 Å². The second kappa shape index (κ2) is 9.44. The van der Waals surface area contributed by atoms with E-state index in [1.807, 2.05) is 18.2 Å². The van der Waals surface area contributed by atoms with Crippen LogP contribution in [-0.2, 0) is 9.59 Å². The molecule has 0 aliphatic carbocycles. The van der Waals surface area contributed by atoms with Crippen molar-refractivity contribution in [1.29, 1.82) is 0 Å². The fourth-order valence-electron chi connectivity index (χ4n) is 2.02. The topological polar surface area (TPSA) is 79.8 Å². The van der Waals surface area contributed by atoms with Crippen molar-refractivity contribution in [1.82, 2.24) is 5.43 Å². The predicted molar refractivity (Wildman–Crippen MR) is 98.0 cm³/mol. The van der Waals surface area contributed by atoms with Crippen molar-refractivity contribution in [2.75, 3.05) is 12.4 Å². The van der Waals surface area contributed by atoms with E-state index in [1.165, 1.54) is 6.21 Å². The largest absolute Gasteiger partial charge is 0.496 e. The number of nitrogens with zero attached hydrogens (tertiary/aromatic N) is 1. The van der Waals surface area contributed by atoms with Gasteiger partial charge >= 0.3 is 0 Å². The summed E-state index contributed by atoms with van der Waals surface area (Å²) in [6.07, 6.45) is 1.56. The van der Waals surface area contributed by atoms with Crippen LogP contribution in [-0.4, -0.2) is 25.1 Å². The van der Waals surface area contributed by atoms with Crippen molar-refractivity contribution in [2.24, 2.45) is 5.10 Å². The van der Waals surface area contributed by atoms with E-state index < -0.39 is 0 Å². The van der Waals surface area contributed by atoms with Gasteiger partial charge in [-0.1, -0.05) is 29.8 Å². The van der Waals surface area contributed by atoms with Gasteiger partial charge in [0, 0.05) is 29.1 Å². The summed E-state index contributed by atoms with van der Waals surface area (Å²) in [5.74, 6) is 0.0277. The molecule has 0 aromatic heterocycles. The quantitative estimate of drug-likeness (QED) is 0.588. The Bertz CT molecular complexity index is 778. The van der Waals surface area contributed by atoms with Crippen LogP contribution >= 0.6 is 11.6 Å². The Morgan fingerprint density at radius 3 is 2.64 bits per heavy atom. The molecule has 7 heteroatoms. The van der Waals surface area contributed by atoms with Crippen LogP contribution in [0.2, 0.25) is 5.02 Å². The number of hydrazone groups is 1. The SMILES string of the molecule is COc1ccccc1C=NNC(=O)CCC(=O)Nc1cccc(Cl)c1. The van der Waals surface area contributed by atoms with Gasteiger partial charge in [-0.05, 0) is 30.3 Å². The van der Waals surface area contributed by atoms with Crippen LogP contribution < -0.4 is 15.5 Å². The standard InChI is InChI=1S/C18H18ClN3O3/c1-25-16-8-3-2-5-13(16)12-20-22-18(24)10-9-17(23)21-15-7-4-6-14(19)11-15/h2-8,11-12H,9-10H2,1H3,(H,21,23)(H,22,24). The molecule has 0 saturated heterocycles. The van der Waals surface area contributed by atoms with E-state index in [-0.39, 0.29) is 24.7 Å². The summed E-state index contributed by atoms with van der Waals surface area (Å²) < 4.78 is 5.18. The first-order valence-corrected chi connectivity index (χ1v) is 7.96. The highest BCUT2D eigenvalue weighted by Gasteiger charge is 2.07. The van der Waals surface area contributed by atoms with E-state index in [1.54, 1.807) is 37.4 Å². The van der Waals surface area contributed by atoms with Crippen molar-refractivity contribution in [3.05, 3.63) is 59.1 Å². The Morgan fingerprint density at radius 2 is 1.88 bits per heavy atom. The summed E-state index contributed by atoms with van der Waals surface area (Å²) in [6.45, 7) is 0.